The number of rotatable bonds is 4. The molecule has 1 saturated carbocycles. The third-order valence-corrected chi connectivity index (χ3v) is 3.97. The third kappa shape index (κ3) is 3.21. The van der Waals surface area contributed by atoms with Crippen molar-refractivity contribution in [2.45, 2.75) is 30.1 Å². The zero-order valence-corrected chi connectivity index (χ0v) is 12.2. The van der Waals surface area contributed by atoms with Crippen molar-refractivity contribution in [2.75, 3.05) is 30.9 Å². The van der Waals surface area contributed by atoms with Crippen LogP contribution in [0.25, 0.3) is 0 Å². The Morgan fingerprint density at radius 3 is 3.15 bits per heavy atom. The number of thioether (sulfide) groups is 1. The molecule has 7 heteroatoms. The minimum Gasteiger partial charge on any atom is -0.365 e. The summed E-state index contributed by atoms with van der Waals surface area (Å²) < 4.78 is 5.57. The van der Waals surface area contributed by atoms with E-state index in [1.165, 1.54) is 11.8 Å². The van der Waals surface area contributed by atoms with Gasteiger partial charge in [0.2, 0.25) is 0 Å². The Hall–Kier alpha value is -1.34. The second-order valence-corrected chi connectivity index (χ2v) is 5.76. The lowest BCUT2D eigenvalue weighted by atomic mass is 10.2. The number of carbonyl (C=O) groups is 1. The molecule has 0 aromatic carbocycles. The zero-order valence-electron chi connectivity index (χ0n) is 11.4. The Kier molecular flexibility index (Phi) is 4.07. The average molecular weight is 294 g/mol. The number of carbonyl (C=O) groups excluding carboxylic acids is 1. The summed E-state index contributed by atoms with van der Waals surface area (Å²) in [7, 11) is 0. The van der Waals surface area contributed by atoms with Crippen LogP contribution in [0, 0.1) is 0 Å². The summed E-state index contributed by atoms with van der Waals surface area (Å²) in [6.07, 6.45) is 5.47. The molecule has 108 valence electrons. The van der Waals surface area contributed by atoms with E-state index < -0.39 is 6.10 Å². The quantitative estimate of drug-likeness (QED) is 0.651. The standard InChI is InChI=1S/C13H18N4O2S/c1-20-13-14-5-4-11(16-13)17-6-7-19-10(8-17)12(18)15-9-2-3-9/h4-5,9-10H,2-3,6-8H2,1H3,(H,15,18). The highest BCUT2D eigenvalue weighted by molar-refractivity contribution is 7.98. The van der Waals surface area contributed by atoms with Gasteiger partial charge in [0, 0.05) is 18.8 Å². The number of nitrogens with zero attached hydrogens (tertiary/aromatic N) is 3. The number of hydrogen-bond donors (Lipinski definition) is 1. The molecule has 2 fully saturated rings. The fourth-order valence-corrected chi connectivity index (χ4v) is 2.50. The summed E-state index contributed by atoms with van der Waals surface area (Å²) in [4.78, 5) is 22.8. The molecule has 20 heavy (non-hydrogen) atoms. The van der Waals surface area contributed by atoms with Gasteiger partial charge in [0.05, 0.1) is 13.2 Å². The molecule has 0 bridgehead atoms. The molecule has 1 aromatic rings. The smallest absolute Gasteiger partial charge is 0.251 e. The Balaban J connectivity index is 1.65. The van der Waals surface area contributed by atoms with Gasteiger partial charge in [-0.2, -0.15) is 0 Å². The van der Waals surface area contributed by atoms with E-state index in [9.17, 15) is 4.79 Å². The van der Waals surface area contributed by atoms with Gasteiger partial charge in [0.15, 0.2) is 11.3 Å². The van der Waals surface area contributed by atoms with Gasteiger partial charge in [-0.1, -0.05) is 11.8 Å². The van der Waals surface area contributed by atoms with Gasteiger partial charge in [0.25, 0.3) is 5.91 Å². The van der Waals surface area contributed by atoms with Crippen molar-refractivity contribution < 1.29 is 9.53 Å². The van der Waals surface area contributed by atoms with Crippen molar-refractivity contribution in [3.05, 3.63) is 12.3 Å². The van der Waals surface area contributed by atoms with Gasteiger partial charge in [-0.25, -0.2) is 9.97 Å². The Morgan fingerprint density at radius 1 is 1.55 bits per heavy atom. The maximum atomic E-state index is 12.0. The predicted molar refractivity (Wildman–Crippen MR) is 76.9 cm³/mol. The first-order valence-corrected chi connectivity index (χ1v) is 8.02. The first-order chi connectivity index (χ1) is 9.76. The Bertz CT molecular complexity index is 495. The number of ether oxygens (including phenoxy) is 1. The number of amides is 1. The van der Waals surface area contributed by atoms with Crippen LogP contribution in [0.15, 0.2) is 17.4 Å². The number of hydrogen-bond acceptors (Lipinski definition) is 6. The van der Waals surface area contributed by atoms with Gasteiger partial charge < -0.3 is 15.0 Å². The molecule has 1 aromatic heterocycles. The van der Waals surface area contributed by atoms with E-state index in [0.717, 1.165) is 30.4 Å². The summed E-state index contributed by atoms with van der Waals surface area (Å²) in [5, 5.41) is 3.73. The molecule has 1 aliphatic carbocycles. The molecule has 2 aliphatic rings. The molecule has 1 atom stereocenters. The molecule has 1 amide bonds. The van der Waals surface area contributed by atoms with Crippen LogP contribution in [-0.2, 0) is 9.53 Å². The number of anilines is 1. The molecule has 3 rings (SSSR count). The van der Waals surface area contributed by atoms with E-state index in [1.807, 2.05) is 12.3 Å². The van der Waals surface area contributed by atoms with Gasteiger partial charge in [-0.3, -0.25) is 4.79 Å². The SMILES string of the molecule is CSc1nccc(N2CCOC(C(=O)NC3CC3)C2)n1. The van der Waals surface area contributed by atoms with Crippen molar-refractivity contribution >= 4 is 23.5 Å². The van der Waals surface area contributed by atoms with Crippen LogP contribution in [-0.4, -0.2) is 54.0 Å². The summed E-state index contributed by atoms with van der Waals surface area (Å²) in [5.74, 6) is 0.855. The van der Waals surface area contributed by atoms with Gasteiger partial charge >= 0.3 is 0 Å². The number of nitrogens with one attached hydrogen (secondary N) is 1. The molecule has 0 radical (unpaired) electrons. The Labute approximate surface area is 122 Å². The van der Waals surface area contributed by atoms with Gasteiger partial charge in [-0.15, -0.1) is 0 Å². The zero-order chi connectivity index (χ0) is 13.9. The van der Waals surface area contributed by atoms with Crippen LogP contribution in [0.3, 0.4) is 0 Å². The third-order valence-electron chi connectivity index (χ3n) is 3.41. The van der Waals surface area contributed by atoms with Crippen LogP contribution in [0.4, 0.5) is 5.82 Å². The van der Waals surface area contributed by atoms with Gasteiger partial charge in [-0.05, 0) is 25.2 Å². The molecule has 1 unspecified atom stereocenters. The average Bonchev–Trinajstić information content (AvgIpc) is 3.31. The lowest BCUT2D eigenvalue weighted by Gasteiger charge is -2.33. The van der Waals surface area contributed by atoms with E-state index in [4.69, 9.17) is 4.74 Å². The molecular formula is C13H18N4O2S. The highest BCUT2D eigenvalue weighted by Gasteiger charge is 2.31. The van der Waals surface area contributed by atoms with Crippen molar-refractivity contribution in [3.63, 3.8) is 0 Å². The molecule has 0 spiro atoms. The maximum Gasteiger partial charge on any atom is 0.251 e. The largest absolute Gasteiger partial charge is 0.365 e. The predicted octanol–water partition coefficient (Wildman–Crippen LogP) is 0.682. The van der Waals surface area contributed by atoms with Crippen LogP contribution >= 0.6 is 11.8 Å². The lowest BCUT2D eigenvalue weighted by molar-refractivity contribution is -0.133. The first-order valence-electron chi connectivity index (χ1n) is 6.80. The number of aromatic nitrogens is 2. The van der Waals surface area contributed by atoms with Crippen LogP contribution in [0.5, 0.6) is 0 Å². The summed E-state index contributed by atoms with van der Waals surface area (Å²) in [6, 6.07) is 2.24. The second-order valence-electron chi connectivity index (χ2n) is 4.99. The Morgan fingerprint density at radius 2 is 2.40 bits per heavy atom. The first kappa shape index (κ1) is 13.6. The van der Waals surface area contributed by atoms with Crippen LogP contribution in [0.2, 0.25) is 0 Å². The maximum absolute atomic E-state index is 12.0. The van der Waals surface area contributed by atoms with Crippen LogP contribution in [0.1, 0.15) is 12.8 Å². The van der Waals surface area contributed by atoms with Crippen molar-refractivity contribution in [1.29, 1.82) is 0 Å². The van der Waals surface area contributed by atoms with Crippen LogP contribution < -0.4 is 10.2 Å². The second kappa shape index (κ2) is 5.97. The minimum atomic E-state index is -0.406. The number of morpholine rings is 1. The molecule has 1 aliphatic heterocycles. The van der Waals surface area contributed by atoms with E-state index in [-0.39, 0.29) is 5.91 Å². The normalized spacial score (nSPS) is 22.6. The molecule has 2 heterocycles. The fraction of sp³-hybridized carbons (Fsp3) is 0.615. The van der Waals surface area contributed by atoms with Crippen molar-refractivity contribution in [1.82, 2.24) is 15.3 Å². The topological polar surface area (TPSA) is 67.4 Å². The summed E-state index contributed by atoms with van der Waals surface area (Å²) in [6.45, 7) is 1.84. The van der Waals surface area contributed by atoms with E-state index in [0.29, 0.717) is 19.2 Å². The minimum absolute atomic E-state index is 0.00338. The van der Waals surface area contributed by atoms with E-state index in [1.54, 1.807) is 6.20 Å². The van der Waals surface area contributed by atoms with Crippen molar-refractivity contribution in [2.24, 2.45) is 0 Å². The molecule has 6 nitrogen and oxygen atoms in total. The molecule has 1 saturated heterocycles. The molecular weight excluding hydrogens is 276 g/mol. The van der Waals surface area contributed by atoms with Crippen molar-refractivity contribution in [3.8, 4) is 0 Å². The van der Waals surface area contributed by atoms with E-state index in [2.05, 4.69) is 20.2 Å². The summed E-state index contributed by atoms with van der Waals surface area (Å²) >= 11 is 1.51. The van der Waals surface area contributed by atoms with E-state index >= 15 is 0 Å². The fourth-order valence-electron chi connectivity index (χ4n) is 2.14. The highest BCUT2D eigenvalue weighted by atomic mass is 32.2. The van der Waals surface area contributed by atoms with Gasteiger partial charge in [0.1, 0.15) is 5.82 Å². The monoisotopic (exact) mass is 294 g/mol. The highest BCUT2D eigenvalue weighted by Crippen LogP contribution is 2.21. The summed E-state index contributed by atoms with van der Waals surface area (Å²) in [5.41, 5.74) is 0. The molecule has 1 N–H and O–H groups in total. The lowest BCUT2D eigenvalue weighted by Crippen LogP contribution is -2.50.